The first-order valence-electron chi connectivity index (χ1n) is 10.3. The van der Waals surface area contributed by atoms with Crippen LogP contribution in [0.3, 0.4) is 0 Å². The van der Waals surface area contributed by atoms with Crippen molar-refractivity contribution in [3.05, 3.63) is 30.1 Å². The summed E-state index contributed by atoms with van der Waals surface area (Å²) in [5.74, 6) is 2.33. The summed E-state index contributed by atoms with van der Waals surface area (Å²) in [5, 5.41) is 6.74. The number of ether oxygens (including phenoxy) is 2. The van der Waals surface area contributed by atoms with Crippen LogP contribution in [0.5, 0.6) is 0 Å². The Morgan fingerprint density at radius 2 is 2.30 bits per heavy atom. The molecule has 1 fully saturated rings. The summed E-state index contributed by atoms with van der Waals surface area (Å²) in [6.45, 7) is 12.3. The molecule has 152 valence electrons. The van der Waals surface area contributed by atoms with Gasteiger partial charge < -0.3 is 20.1 Å². The Morgan fingerprint density at radius 3 is 2.96 bits per heavy atom. The first-order valence-corrected chi connectivity index (χ1v) is 10.3. The Kier molecular flexibility index (Phi) is 10.2. The van der Waals surface area contributed by atoms with Crippen LogP contribution < -0.4 is 10.6 Å². The summed E-state index contributed by atoms with van der Waals surface area (Å²) in [7, 11) is 0. The Morgan fingerprint density at radius 1 is 1.41 bits per heavy atom. The van der Waals surface area contributed by atoms with Crippen LogP contribution in [0.1, 0.15) is 45.1 Å². The standard InChI is InChI=1S/C21H36N4O2/c1-4-23-21(24-10-6-11-26-15-18-8-12-27-16-18)25-14-20(17(2)3)19-7-5-9-22-13-19/h5,7,9,13,17-18,20H,4,6,8,10-12,14-16H2,1-3H3,(H2,23,24,25). The van der Waals surface area contributed by atoms with E-state index in [0.717, 1.165) is 64.9 Å². The van der Waals surface area contributed by atoms with E-state index in [1.54, 1.807) is 0 Å². The van der Waals surface area contributed by atoms with E-state index < -0.39 is 0 Å². The highest BCUT2D eigenvalue weighted by Gasteiger charge is 2.16. The predicted octanol–water partition coefficient (Wildman–Crippen LogP) is 2.82. The molecule has 0 spiro atoms. The molecule has 0 saturated carbocycles. The molecule has 2 N–H and O–H groups in total. The maximum atomic E-state index is 5.76. The van der Waals surface area contributed by atoms with Gasteiger partial charge in [0.25, 0.3) is 0 Å². The molecule has 2 rings (SSSR count). The van der Waals surface area contributed by atoms with Gasteiger partial charge in [-0.2, -0.15) is 0 Å². The number of hydrogen-bond acceptors (Lipinski definition) is 4. The quantitative estimate of drug-likeness (QED) is 0.353. The normalized spacial score (nSPS) is 18.7. The molecule has 27 heavy (non-hydrogen) atoms. The lowest BCUT2D eigenvalue weighted by Crippen LogP contribution is -2.38. The van der Waals surface area contributed by atoms with Crippen molar-refractivity contribution in [1.29, 1.82) is 0 Å². The molecule has 2 heterocycles. The van der Waals surface area contributed by atoms with E-state index in [9.17, 15) is 0 Å². The average Bonchev–Trinajstić information content (AvgIpc) is 3.18. The molecule has 1 aromatic rings. The maximum absolute atomic E-state index is 5.76. The summed E-state index contributed by atoms with van der Waals surface area (Å²) >= 11 is 0. The molecular formula is C21H36N4O2. The molecule has 0 amide bonds. The smallest absolute Gasteiger partial charge is 0.191 e. The Labute approximate surface area is 164 Å². The van der Waals surface area contributed by atoms with E-state index in [-0.39, 0.29) is 0 Å². The zero-order valence-corrected chi connectivity index (χ0v) is 17.1. The number of aliphatic imine (C=N–C) groups is 1. The predicted molar refractivity (Wildman–Crippen MR) is 110 cm³/mol. The molecular weight excluding hydrogens is 340 g/mol. The second-order valence-corrected chi connectivity index (χ2v) is 7.44. The zero-order valence-electron chi connectivity index (χ0n) is 17.1. The van der Waals surface area contributed by atoms with Crippen LogP contribution in [0.2, 0.25) is 0 Å². The van der Waals surface area contributed by atoms with E-state index in [1.165, 1.54) is 5.56 Å². The van der Waals surface area contributed by atoms with Crippen molar-refractivity contribution in [2.75, 3.05) is 46.1 Å². The number of nitrogens with zero attached hydrogens (tertiary/aromatic N) is 2. The highest BCUT2D eigenvalue weighted by Crippen LogP contribution is 2.23. The molecule has 1 aromatic heterocycles. The van der Waals surface area contributed by atoms with Crippen molar-refractivity contribution in [2.45, 2.75) is 39.5 Å². The number of aromatic nitrogens is 1. The lowest BCUT2D eigenvalue weighted by molar-refractivity contribution is 0.0888. The highest BCUT2D eigenvalue weighted by molar-refractivity contribution is 5.79. The van der Waals surface area contributed by atoms with E-state index in [4.69, 9.17) is 14.5 Å². The number of pyridine rings is 1. The average molecular weight is 377 g/mol. The third-order valence-corrected chi connectivity index (χ3v) is 4.84. The Hall–Kier alpha value is -1.66. The largest absolute Gasteiger partial charge is 0.381 e. The van der Waals surface area contributed by atoms with Gasteiger partial charge in [0.05, 0.1) is 13.2 Å². The van der Waals surface area contributed by atoms with Crippen molar-refractivity contribution in [2.24, 2.45) is 16.8 Å². The molecule has 1 saturated heterocycles. The second-order valence-electron chi connectivity index (χ2n) is 7.44. The third kappa shape index (κ3) is 8.26. The summed E-state index contributed by atoms with van der Waals surface area (Å²) in [6, 6.07) is 4.13. The van der Waals surface area contributed by atoms with Crippen molar-refractivity contribution in [1.82, 2.24) is 15.6 Å². The lowest BCUT2D eigenvalue weighted by atomic mass is 9.89. The maximum Gasteiger partial charge on any atom is 0.191 e. The molecule has 0 aliphatic carbocycles. The SMILES string of the molecule is CCNC(=NCC(c1cccnc1)C(C)C)NCCCOCC1CCOC1. The Bertz CT molecular complexity index is 530. The topological polar surface area (TPSA) is 67.8 Å². The van der Waals surface area contributed by atoms with E-state index >= 15 is 0 Å². The minimum absolute atomic E-state index is 0.367. The van der Waals surface area contributed by atoms with E-state index in [1.807, 2.05) is 18.5 Å². The van der Waals surface area contributed by atoms with E-state index in [2.05, 4.69) is 42.5 Å². The number of nitrogens with one attached hydrogen (secondary N) is 2. The molecule has 0 aromatic carbocycles. The molecule has 0 radical (unpaired) electrons. The third-order valence-electron chi connectivity index (χ3n) is 4.84. The fraction of sp³-hybridized carbons (Fsp3) is 0.714. The molecule has 6 nitrogen and oxygen atoms in total. The lowest BCUT2D eigenvalue weighted by Gasteiger charge is -2.20. The van der Waals surface area contributed by atoms with Crippen molar-refractivity contribution in [3.63, 3.8) is 0 Å². The van der Waals surface area contributed by atoms with Crippen molar-refractivity contribution in [3.8, 4) is 0 Å². The van der Waals surface area contributed by atoms with Crippen LogP contribution in [0.25, 0.3) is 0 Å². The molecule has 0 bridgehead atoms. The monoisotopic (exact) mass is 376 g/mol. The molecule has 1 aliphatic heterocycles. The fourth-order valence-corrected chi connectivity index (χ4v) is 3.17. The molecule has 2 atom stereocenters. The minimum Gasteiger partial charge on any atom is -0.381 e. The van der Waals surface area contributed by atoms with Gasteiger partial charge in [-0.3, -0.25) is 9.98 Å². The van der Waals surface area contributed by atoms with Crippen LogP contribution in [0.4, 0.5) is 0 Å². The van der Waals surface area contributed by atoms with Gasteiger partial charge >= 0.3 is 0 Å². The van der Waals surface area contributed by atoms with Crippen LogP contribution in [0, 0.1) is 11.8 Å². The summed E-state index contributed by atoms with van der Waals surface area (Å²) in [5.41, 5.74) is 1.25. The number of hydrogen-bond donors (Lipinski definition) is 2. The molecule has 1 aliphatic rings. The number of rotatable bonds is 11. The summed E-state index contributed by atoms with van der Waals surface area (Å²) in [6.07, 6.45) is 5.86. The van der Waals surface area contributed by atoms with Gasteiger partial charge in [-0.25, -0.2) is 0 Å². The highest BCUT2D eigenvalue weighted by atomic mass is 16.5. The van der Waals surface area contributed by atoms with Gasteiger partial charge in [-0.15, -0.1) is 0 Å². The van der Waals surface area contributed by atoms with Crippen LogP contribution in [0.15, 0.2) is 29.5 Å². The molecule has 6 heteroatoms. The van der Waals surface area contributed by atoms with Crippen molar-refractivity contribution < 1.29 is 9.47 Å². The summed E-state index contributed by atoms with van der Waals surface area (Å²) < 4.78 is 11.1. The second kappa shape index (κ2) is 12.7. The van der Waals surface area contributed by atoms with Gasteiger partial charge in [-0.05, 0) is 37.3 Å². The van der Waals surface area contributed by atoms with E-state index in [0.29, 0.717) is 17.8 Å². The van der Waals surface area contributed by atoms with Gasteiger partial charge in [0.15, 0.2) is 5.96 Å². The first kappa shape index (κ1) is 21.6. The summed E-state index contributed by atoms with van der Waals surface area (Å²) in [4.78, 5) is 9.06. The van der Waals surface area contributed by atoms with Gasteiger partial charge in [-0.1, -0.05) is 19.9 Å². The molecule has 2 unspecified atom stereocenters. The zero-order chi connectivity index (χ0) is 19.3. The Balaban J connectivity index is 1.73. The first-order chi connectivity index (χ1) is 13.2. The fourth-order valence-electron chi connectivity index (χ4n) is 3.17. The van der Waals surface area contributed by atoms with Gasteiger partial charge in [0.2, 0.25) is 0 Å². The van der Waals surface area contributed by atoms with Gasteiger partial charge in [0, 0.05) is 57.1 Å². The van der Waals surface area contributed by atoms with Crippen LogP contribution in [-0.4, -0.2) is 57.0 Å². The van der Waals surface area contributed by atoms with Crippen LogP contribution in [-0.2, 0) is 9.47 Å². The van der Waals surface area contributed by atoms with Crippen molar-refractivity contribution >= 4 is 5.96 Å². The van der Waals surface area contributed by atoms with Gasteiger partial charge in [0.1, 0.15) is 0 Å². The number of guanidine groups is 1. The minimum atomic E-state index is 0.367. The van der Waals surface area contributed by atoms with Crippen LogP contribution >= 0.6 is 0 Å².